The van der Waals surface area contributed by atoms with Crippen LogP contribution in [0.15, 0.2) is 55.0 Å². The van der Waals surface area contributed by atoms with Gasteiger partial charge in [-0.3, -0.25) is 0 Å². The van der Waals surface area contributed by atoms with Crippen LogP contribution in [0.3, 0.4) is 0 Å². The maximum atomic E-state index is 4.80. The minimum atomic E-state index is 0.804. The Hall–Kier alpha value is -2.86. The molecule has 6 nitrogen and oxygen atoms in total. The summed E-state index contributed by atoms with van der Waals surface area (Å²) < 4.78 is 1.83. The molecule has 6 heteroatoms. The number of aryl methyl sites for hydroxylation is 1. The minimum absolute atomic E-state index is 0.804. The molecule has 0 saturated heterocycles. The van der Waals surface area contributed by atoms with E-state index < -0.39 is 0 Å². The molecule has 0 fully saturated rings. The zero-order valence-corrected chi connectivity index (χ0v) is 15.8. The van der Waals surface area contributed by atoms with Gasteiger partial charge in [-0.15, -0.1) is 0 Å². The highest BCUT2D eigenvalue weighted by Gasteiger charge is 2.12. The molecule has 140 valence electrons. The molecule has 3 aromatic rings. The number of likely N-dealkylation sites (N-methyl/N-ethyl adjacent to an activating group) is 1. The van der Waals surface area contributed by atoms with E-state index in [1.807, 2.05) is 30.0 Å². The van der Waals surface area contributed by atoms with E-state index in [0.717, 1.165) is 61.7 Å². The van der Waals surface area contributed by atoms with E-state index in [1.54, 1.807) is 0 Å². The fraction of sp³-hybridized carbons (Fsp3) is 0.333. The number of nitrogens with one attached hydrogen (secondary N) is 2. The van der Waals surface area contributed by atoms with Gasteiger partial charge in [-0.25, -0.2) is 9.50 Å². The van der Waals surface area contributed by atoms with Crippen LogP contribution >= 0.6 is 0 Å². The molecule has 0 radical (unpaired) electrons. The van der Waals surface area contributed by atoms with Crippen LogP contribution in [-0.2, 0) is 6.42 Å². The molecule has 27 heavy (non-hydrogen) atoms. The Kier molecular flexibility index (Phi) is 5.07. The Balaban J connectivity index is 1.69. The fourth-order valence-corrected chi connectivity index (χ4v) is 3.60. The van der Waals surface area contributed by atoms with Crippen molar-refractivity contribution < 1.29 is 0 Å². The molecular weight excluding hydrogens is 336 g/mol. The summed E-state index contributed by atoms with van der Waals surface area (Å²) >= 11 is 0. The summed E-state index contributed by atoms with van der Waals surface area (Å²) in [5.41, 5.74) is 5.59. The van der Waals surface area contributed by atoms with E-state index >= 15 is 0 Å². The van der Waals surface area contributed by atoms with Crippen molar-refractivity contribution in [2.45, 2.75) is 12.8 Å². The highest BCUT2D eigenvalue weighted by molar-refractivity contribution is 5.78. The summed E-state index contributed by atoms with van der Waals surface area (Å²) in [6.45, 7) is 7.77. The van der Waals surface area contributed by atoms with Gasteiger partial charge in [-0.2, -0.15) is 5.10 Å². The topological polar surface area (TPSA) is 57.5 Å². The lowest BCUT2D eigenvalue weighted by Gasteiger charge is -2.27. The molecule has 4 bridgehead atoms. The van der Waals surface area contributed by atoms with Gasteiger partial charge in [0.1, 0.15) is 5.82 Å². The summed E-state index contributed by atoms with van der Waals surface area (Å²) in [5, 5.41) is 11.1. The molecule has 3 heterocycles. The molecule has 2 N–H and O–H groups in total. The Morgan fingerprint density at radius 3 is 3.11 bits per heavy atom. The zero-order chi connectivity index (χ0) is 18.6. The van der Waals surface area contributed by atoms with Crippen molar-refractivity contribution in [1.82, 2.24) is 24.8 Å². The molecule has 1 aliphatic heterocycles. The van der Waals surface area contributed by atoms with Crippen molar-refractivity contribution in [3.63, 3.8) is 0 Å². The normalized spacial score (nSPS) is 14.8. The number of anilines is 1. The van der Waals surface area contributed by atoms with Crippen molar-refractivity contribution in [2.75, 3.05) is 38.5 Å². The van der Waals surface area contributed by atoms with Gasteiger partial charge in [0, 0.05) is 43.6 Å². The Bertz CT molecular complexity index is 945. The molecule has 1 aromatic carbocycles. The molecular formula is C21H26N6. The Morgan fingerprint density at radius 2 is 2.22 bits per heavy atom. The predicted octanol–water partition coefficient (Wildman–Crippen LogP) is 2.79. The van der Waals surface area contributed by atoms with Crippen molar-refractivity contribution in [2.24, 2.45) is 0 Å². The Morgan fingerprint density at radius 1 is 1.30 bits per heavy atom. The third-order valence-corrected chi connectivity index (χ3v) is 5.02. The highest BCUT2D eigenvalue weighted by atomic mass is 15.3. The summed E-state index contributed by atoms with van der Waals surface area (Å²) in [6, 6.07) is 10.7. The monoisotopic (exact) mass is 362 g/mol. The standard InChI is InChI=1S/C21H26N6/c1-16(14-22-2)26-10-4-6-17-5-3-7-18(13-17)19-15-24-27-11-8-20(23-9-12-26)25-21(19)27/h3,5,7-8,11,13,15,22H,1,4,6,9-10,12,14H2,2H3,(H,23,25). The quantitative estimate of drug-likeness (QED) is 0.750. The molecule has 0 aliphatic carbocycles. The maximum Gasteiger partial charge on any atom is 0.165 e. The summed E-state index contributed by atoms with van der Waals surface area (Å²) in [5.74, 6) is 0.872. The lowest BCUT2D eigenvalue weighted by Crippen LogP contribution is -2.33. The van der Waals surface area contributed by atoms with Crippen molar-refractivity contribution in [3.05, 3.63) is 60.6 Å². The van der Waals surface area contributed by atoms with Crippen LogP contribution < -0.4 is 10.6 Å². The molecule has 0 amide bonds. The molecule has 2 aromatic heterocycles. The van der Waals surface area contributed by atoms with E-state index in [2.05, 4.69) is 51.5 Å². The number of aromatic nitrogens is 3. The van der Waals surface area contributed by atoms with Crippen LogP contribution in [0.1, 0.15) is 12.0 Å². The van der Waals surface area contributed by atoms with Crippen LogP contribution in [0.5, 0.6) is 0 Å². The zero-order valence-electron chi connectivity index (χ0n) is 15.8. The number of fused-ring (bicyclic) bond motifs is 4. The molecule has 4 rings (SSSR count). The number of hydrogen-bond acceptors (Lipinski definition) is 5. The first-order valence-corrected chi connectivity index (χ1v) is 9.49. The van der Waals surface area contributed by atoms with Gasteiger partial charge in [0.15, 0.2) is 5.65 Å². The van der Waals surface area contributed by atoms with Crippen molar-refractivity contribution in [3.8, 4) is 11.1 Å². The lowest BCUT2D eigenvalue weighted by molar-refractivity contribution is 0.343. The van der Waals surface area contributed by atoms with E-state index in [9.17, 15) is 0 Å². The fourth-order valence-electron chi connectivity index (χ4n) is 3.60. The maximum absolute atomic E-state index is 4.80. The van der Waals surface area contributed by atoms with Gasteiger partial charge in [0.2, 0.25) is 0 Å². The average molecular weight is 362 g/mol. The van der Waals surface area contributed by atoms with Gasteiger partial charge >= 0.3 is 0 Å². The highest BCUT2D eigenvalue weighted by Crippen LogP contribution is 2.25. The van der Waals surface area contributed by atoms with E-state index in [0.29, 0.717) is 0 Å². The molecule has 0 unspecified atom stereocenters. The third-order valence-electron chi connectivity index (χ3n) is 5.02. The number of rotatable bonds is 3. The van der Waals surface area contributed by atoms with Crippen molar-refractivity contribution in [1.29, 1.82) is 0 Å². The van der Waals surface area contributed by atoms with Crippen LogP contribution in [0.25, 0.3) is 16.8 Å². The van der Waals surface area contributed by atoms with Gasteiger partial charge in [0.25, 0.3) is 0 Å². The first kappa shape index (κ1) is 17.5. The predicted molar refractivity (Wildman–Crippen MR) is 110 cm³/mol. The molecule has 0 saturated carbocycles. The first-order chi connectivity index (χ1) is 13.2. The second-order valence-electron chi connectivity index (χ2n) is 6.95. The SMILES string of the molecule is C=C(CNC)N1CCCc2cccc(c2)-c2cnn3ccc(nc23)NCC1. The molecule has 1 aliphatic rings. The van der Waals surface area contributed by atoms with Crippen LogP contribution in [0.2, 0.25) is 0 Å². The van der Waals surface area contributed by atoms with E-state index in [4.69, 9.17) is 4.98 Å². The summed E-state index contributed by atoms with van der Waals surface area (Å²) in [6.07, 6.45) is 6.00. The second-order valence-corrected chi connectivity index (χ2v) is 6.95. The Labute approximate surface area is 159 Å². The van der Waals surface area contributed by atoms with Gasteiger partial charge in [-0.1, -0.05) is 30.8 Å². The van der Waals surface area contributed by atoms with Crippen LogP contribution in [0, 0.1) is 0 Å². The van der Waals surface area contributed by atoms with Gasteiger partial charge in [0.05, 0.1) is 6.20 Å². The lowest BCUT2D eigenvalue weighted by atomic mass is 10.0. The van der Waals surface area contributed by atoms with Crippen molar-refractivity contribution >= 4 is 11.5 Å². The average Bonchev–Trinajstić information content (AvgIpc) is 3.10. The van der Waals surface area contributed by atoms with E-state index in [1.165, 1.54) is 11.1 Å². The van der Waals surface area contributed by atoms with Crippen LogP contribution in [0.4, 0.5) is 5.82 Å². The number of hydrogen-bond donors (Lipinski definition) is 2. The minimum Gasteiger partial charge on any atom is -0.372 e. The first-order valence-electron chi connectivity index (χ1n) is 9.49. The molecule has 0 atom stereocenters. The largest absolute Gasteiger partial charge is 0.372 e. The van der Waals surface area contributed by atoms with Gasteiger partial charge < -0.3 is 15.5 Å². The summed E-state index contributed by atoms with van der Waals surface area (Å²) in [7, 11) is 1.96. The van der Waals surface area contributed by atoms with Gasteiger partial charge in [-0.05, 0) is 37.1 Å². The third kappa shape index (κ3) is 3.80. The second kappa shape index (κ2) is 7.80. The molecule has 0 spiro atoms. The number of nitrogens with zero attached hydrogens (tertiary/aromatic N) is 4. The number of benzene rings is 1. The van der Waals surface area contributed by atoms with Crippen LogP contribution in [-0.4, -0.2) is 52.7 Å². The summed E-state index contributed by atoms with van der Waals surface area (Å²) in [4.78, 5) is 7.16. The van der Waals surface area contributed by atoms with E-state index in [-0.39, 0.29) is 0 Å². The smallest absolute Gasteiger partial charge is 0.165 e.